The number of hydrogen-bond donors (Lipinski definition) is 1. The second kappa shape index (κ2) is 5.69. The third kappa shape index (κ3) is 2.71. The molecular weight excluding hydrogens is 226 g/mol. The van der Waals surface area contributed by atoms with Gasteiger partial charge in [-0.1, -0.05) is 18.2 Å². The Balaban J connectivity index is 2.01. The zero-order valence-electron chi connectivity index (χ0n) is 11.1. The fourth-order valence-electron chi connectivity index (χ4n) is 2.03. The topological polar surface area (TPSA) is 39.1 Å². The summed E-state index contributed by atoms with van der Waals surface area (Å²) in [6.45, 7) is 2.91. The van der Waals surface area contributed by atoms with Gasteiger partial charge in [0.25, 0.3) is 0 Å². The Bertz CT molecular complexity index is 507. The van der Waals surface area contributed by atoms with Crippen molar-refractivity contribution in [2.75, 3.05) is 7.11 Å². The molecule has 0 saturated heterocycles. The van der Waals surface area contributed by atoms with E-state index < -0.39 is 0 Å². The molecule has 0 amide bonds. The van der Waals surface area contributed by atoms with Crippen molar-refractivity contribution < 1.29 is 4.74 Å². The first-order chi connectivity index (χ1) is 8.72. The van der Waals surface area contributed by atoms with E-state index in [2.05, 4.69) is 23.4 Å². The van der Waals surface area contributed by atoms with Gasteiger partial charge in [-0.2, -0.15) is 5.10 Å². The summed E-state index contributed by atoms with van der Waals surface area (Å²) in [5.41, 5.74) is 2.33. The number of benzene rings is 1. The normalized spacial score (nSPS) is 12.4. The van der Waals surface area contributed by atoms with Crippen molar-refractivity contribution in [3.8, 4) is 5.75 Å². The van der Waals surface area contributed by atoms with E-state index in [9.17, 15) is 0 Å². The zero-order valence-corrected chi connectivity index (χ0v) is 11.1. The summed E-state index contributed by atoms with van der Waals surface area (Å²) in [4.78, 5) is 0. The van der Waals surface area contributed by atoms with Gasteiger partial charge in [-0.15, -0.1) is 0 Å². The Morgan fingerprint density at radius 2 is 2.11 bits per heavy atom. The van der Waals surface area contributed by atoms with Crippen LogP contribution in [0.1, 0.15) is 24.2 Å². The van der Waals surface area contributed by atoms with E-state index >= 15 is 0 Å². The SMILES string of the molecule is COc1ccccc1CNC(C)c1ccnn1C. The van der Waals surface area contributed by atoms with E-state index in [0.717, 1.165) is 17.9 Å². The van der Waals surface area contributed by atoms with Gasteiger partial charge >= 0.3 is 0 Å². The van der Waals surface area contributed by atoms with Gasteiger partial charge in [0.15, 0.2) is 0 Å². The fourth-order valence-corrected chi connectivity index (χ4v) is 2.03. The molecule has 1 unspecified atom stereocenters. The second-order valence-electron chi connectivity index (χ2n) is 4.29. The molecule has 0 fully saturated rings. The number of rotatable bonds is 5. The molecule has 0 spiro atoms. The van der Waals surface area contributed by atoms with Gasteiger partial charge in [-0.05, 0) is 19.1 Å². The van der Waals surface area contributed by atoms with Crippen molar-refractivity contribution in [2.45, 2.75) is 19.5 Å². The highest BCUT2D eigenvalue weighted by Crippen LogP contribution is 2.18. The van der Waals surface area contributed by atoms with Crippen LogP contribution in [0.2, 0.25) is 0 Å². The third-order valence-corrected chi connectivity index (χ3v) is 3.09. The molecule has 1 heterocycles. The van der Waals surface area contributed by atoms with Crippen molar-refractivity contribution >= 4 is 0 Å². The zero-order chi connectivity index (χ0) is 13.0. The molecule has 96 valence electrons. The highest BCUT2D eigenvalue weighted by molar-refractivity contribution is 5.33. The van der Waals surface area contributed by atoms with E-state index in [1.807, 2.05) is 42.2 Å². The largest absolute Gasteiger partial charge is 0.496 e. The van der Waals surface area contributed by atoms with Gasteiger partial charge in [0.1, 0.15) is 5.75 Å². The molecule has 1 atom stereocenters. The fraction of sp³-hybridized carbons (Fsp3) is 0.357. The summed E-state index contributed by atoms with van der Waals surface area (Å²) in [6, 6.07) is 10.3. The van der Waals surface area contributed by atoms with Crippen LogP contribution in [0, 0.1) is 0 Å². The second-order valence-corrected chi connectivity index (χ2v) is 4.29. The van der Waals surface area contributed by atoms with E-state index in [1.165, 1.54) is 5.69 Å². The summed E-state index contributed by atoms with van der Waals surface area (Å²) in [5.74, 6) is 0.919. The lowest BCUT2D eigenvalue weighted by atomic mass is 10.1. The molecule has 0 aliphatic rings. The Morgan fingerprint density at radius 1 is 1.33 bits per heavy atom. The van der Waals surface area contributed by atoms with E-state index in [0.29, 0.717) is 0 Å². The number of aryl methyl sites for hydroxylation is 1. The minimum Gasteiger partial charge on any atom is -0.496 e. The van der Waals surface area contributed by atoms with Gasteiger partial charge in [0, 0.05) is 31.4 Å². The van der Waals surface area contributed by atoms with Gasteiger partial charge in [-0.25, -0.2) is 0 Å². The van der Waals surface area contributed by atoms with Crippen LogP contribution in [-0.4, -0.2) is 16.9 Å². The molecule has 2 rings (SSSR count). The quantitative estimate of drug-likeness (QED) is 0.878. The van der Waals surface area contributed by atoms with Crippen molar-refractivity contribution in [1.29, 1.82) is 0 Å². The maximum absolute atomic E-state index is 5.33. The van der Waals surface area contributed by atoms with Crippen LogP contribution >= 0.6 is 0 Å². The standard InChI is InChI=1S/C14H19N3O/c1-11(13-8-9-16-17(13)2)15-10-12-6-4-5-7-14(12)18-3/h4-9,11,15H,10H2,1-3H3. The first kappa shape index (κ1) is 12.6. The van der Waals surface area contributed by atoms with Crippen LogP contribution < -0.4 is 10.1 Å². The molecule has 0 aliphatic heterocycles. The molecule has 0 bridgehead atoms. The van der Waals surface area contributed by atoms with E-state index in [-0.39, 0.29) is 6.04 Å². The number of nitrogens with zero attached hydrogens (tertiary/aromatic N) is 2. The van der Waals surface area contributed by atoms with Crippen LogP contribution in [0.4, 0.5) is 0 Å². The van der Waals surface area contributed by atoms with Crippen molar-refractivity contribution in [3.05, 3.63) is 47.8 Å². The Morgan fingerprint density at radius 3 is 2.78 bits per heavy atom. The number of para-hydroxylation sites is 1. The lowest BCUT2D eigenvalue weighted by Gasteiger charge is -2.15. The molecular formula is C14H19N3O. The molecule has 18 heavy (non-hydrogen) atoms. The maximum Gasteiger partial charge on any atom is 0.123 e. The van der Waals surface area contributed by atoms with Crippen molar-refractivity contribution in [1.82, 2.24) is 15.1 Å². The molecule has 4 heteroatoms. The summed E-state index contributed by atoms with van der Waals surface area (Å²) < 4.78 is 7.22. The van der Waals surface area contributed by atoms with E-state index in [4.69, 9.17) is 4.74 Å². The van der Waals surface area contributed by atoms with Crippen LogP contribution in [0.25, 0.3) is 0 Å². The highest BCUT2D eigenvalue weighted by atomic mass is 16.5. The summed E-state index contributed by atoms with van der Waals surface area (Å²) >= 11 is 0. The Kier molecular flexibility index (Phi) is 3.99. The van der Waals surface area contributed by atoms with Crippen LogP contribution in [-0.2, 0) is 13.6 Å². The highest BCUT2D eigenvalue weighted by Gasteiger charge is 2.09. The maximum atomic E-state index is 5.33. The molecule has 2 aromatic rings. The average Bonchev–Trinajstić information content (AvgIpc) is 2.82. The van der Waals surface area contributed by atoms with E-state index in [1.54, 1.807) is 7.11 Å². The minimum atomic E-state index is 0.252. The van der Waals surface area contributed by atoms with Gasteiger partial charge < -0.3 is 10.1 Å². The number of aromatic nitrogens is 2. The van der Waals surface area contributed by atoms with Crippen LogP contribution in [0.3, 0.4) is 0 Å². The molecule has 1 aromatic carbocycles. The molecule has 4 nitrogen and oxygen atoms in total. The summed E-state index contributed by atoms with van der Waals surface area (Å²) in [7, 11) is 3.65. The van der Waals surface area contributed by atoms with Crippen LogP contribution in [0.5, 0.6) is 5.75 Å². The monoisotopic (exact) mass is 245 g/mol. The average molecular weight is 245 g/mol. The predicted molar refractivity (Wildman–Crippen MR) is 71.5 cm³/mol. The number of nitrogens with one attached hydrogen (secondary N) is 1. The first-order valence-corrected chi connectivity index (χ1v) is 6.05. The van der Waals surface area contributed by atoms with Crippen molar-refractivity contribution in [3.63, 3.8) is 0 Å². The lowest BCUT2D eigenvalue weighted by molar-refractivity contribution is 0.405. The lowest BCUT2D eigenvalue weighted by Crippen LogP contribution is -2.20. The molecule has 0 aliphatic carbocycles. The smallest absolute Gasteiger partial charge is 0.123 e. The first-order valence-electron chi connectivity index (χ1n) is 6.05. The van der Waals surface area contributed by atoms with Gasteiger partial charge in [-0.3, -0.25) is 4.68 Å². The van der Waals surface area contributed by atoms with Gasteiger partial charge in [0.05, 0.1) is 12.8 Å². The minimum absolute atomic E-state index is 0.252. The molecule has 1 aromatic heterocycles. The molecule has 0 saturated carbocycles. The number of hydrogen-bond acceptors (Lipinski definition) is 3. The summed E-state index contributed by atoms with van der Waals surface area (Å²) in [6.07, 6.45) is 1.82. The van der Waals surface area contributed by atoms with Crippen molar-refractivity contribution in [2.24, 2.45) is 7.05 Å². The Labute approximate surface area is 108 Å². The number of ether oxygens (including phenoxy) is 1. The van der Waals surface area contributed by atoms with Gasteiger partial charge in [0.2, 0.25) is 0 Å². The summed E-state index contributed by atoms with van der Waals surface area (Å²) in [5, 5.41) is 7.65. The third-order valence-electron chi connectivity index (χ3n) is 3.09. The number of methoxy groups -OCH3 is 1. The van der Waals surface area contributed by atoms with Crippen LogP contribution in [0.15, 0.2) is 36.5 Å². The molecule has 0 radical (unpaired) electrons. The Hall–Kier alpha value is -1.81. The molecule has 1 N–H and O–H groups in total. The predicted octanol–water partition coefficient (Wildman–Crippen LogP) is 2.28.